The normalized spacial score (nSPS) is 7.90. The Morgan fingerprint density at radius 3 is 1.30 bits per heavy atom. The highest BCUT2D eigenvalue weighted by atomic mass is 13.8. The molecule has 0 rings (SSSR count). The van der Waals surface area contributed by atoms with Gasteiger partial charge in [-0.15, -0.1) is 11.8 Å². The average Bonchev–Trinajstić information content (AvgIpc) is 2.47. The van der Waals surface area contributed by atoms with Crippen LogP contribution in [0.3, 0.4) is 0 Å². The summed E-state index contributed by atoms with van der Waals surface area (Å²) in [4.78, 5) is 0. The first-order valence-corrected chi connectivity index (χ1v) is 7.74. The number of hydrogen-bond acceptors (Lipinski definition) is 0. The number of rotatable bonds is 5. The van der Waals surface area contributed by atoms with E-state index in [0.717, 1.165) is 12.8 Å². The largest absolute Gasteiger partial charge is 0.102 e. The van der Waals surface area contributed by atoms with Crippen molar-refractivity contribution in [3.63, 3.8) is 0 Å². The van der Waals surface area contributed by atoms with Crippen molar-refractivity contribution in [2.75, 3.05) is 0 Å². The van der Waals surface area contributed by atoms with Gasteiger partial charge in [-0.2, -0.15) is 0 Å². The van der Waals surface area contributed by atoms with E-state index < -0.39 is 0 Å². The molecule has 0 aromatic heterocycles. The fraction of sp³-hybridized carbons (Fsp3) is 0.600. The Morgan fingerprint density at radius 1 is 0.450 bits per heavy atom. The zero-order valence-corrected chi connectivity index (χ0v) is 13.1. The summed E-state index contributed by atoms with van der Waals surface area (Å²) in [6, 6.07) is 0. The van der Waals surface area contributed by atoms with Crippen LogP contribution in [0, 0.1) is 47.4 Å². The van der Waals surface area contributed by atoms with E-state index in [1.165, 1.54) is 32.1 Å². The summed E-state index contributed by atoms with van der Waals surface area (Å²) < 4.78 is 0. The quantitative estimate of drug-likeness (QED) is 0.488. The van der Waals surface area contributed by atoms with Crippen molar-refractivity contribution in [2.24, 2.45) is 0 Å². The van der Waals surface area contributed by atoms with Gasteiger partial charge in [0.1, 0.15) is 0 Å². The molecule has 0 aromatic carbocycles. The van der Waals surface area contributed by atoms with Crippen LogP contribution in [0.15, 0.2) is 0 Å². The van der Waals surface area contributed by atoms with Crippen LogP contribution in [0.1, 0.15) is 78.1 Å². The van der Waals surface area contributed by atoms with Crippen LogP contribution >= 0.6 is 0 Å². The third-order valence-electron chi connectivity index (χ3n) is 2.59. The van der Waals surface area contributed by atoms with Crippen LogP contribution in [0.2, 0.25) is 0 Å². The van der Waals surface area contributed by atoms with E-state index in [1.54, 1.807) is 0 Å². The zero-order chi connectivity index (χ0) is 14.7. The Labute approximate surface area is 126 Å². The molecule has 0 atom stereocenters. The lowest BCUT2D eigenvalue weighted by Crippen LogP contribution is -1.71. The smallest absolute Gasteiger partial charge is 0.0703 e. The van der Waals surface area contributed by atoms with Gasteiger partial charge in [-0.3, -0.25) is 0 Å². The highest BCUT2D eigenvalue weighted by molar-refractivity contribution is 5.18. The Bertz CT molecular complexity index is 451. The van der Waals surface area contributed by atoms with Crippen LogP contribution in [-0.2, 0) is 0 Å². The minimum Gasteiger partial charge on any atom is -0.102 e. The molecule has 0 saturated carbocycles. The van der Waals surface area contributed by atoms with Gasteiger partial charge in [-0.25, -0.2) is 0 Å². The number of hydrogen-bond donors (Lipinski definition) is 0. The molecule has 0 aliphatic carbocycles. The molecule has 0 nitrogen and oxygen atoms in total. The standard InChI is InChI=1S/C20H26/c1-3-5-7-9-11-13-15-17-19-20-18-16-14-12-10-8-6-4-2/h3-9,14-15,20H2,1-2H3. The molecule has 0 saturated heterocycles. The molecule has 0 amide bonds. The van der Waals surface area contributed by atoms with Gasteiger partial charge in [0.15, 0.2) is 0 Å². The minimum absolute atomic E-state index is 0.633. The molecule has 0 aliphatic rings. The second-order valence-corrected chi connectivity index (χ2v) is 4.51. The van der Waals surface area contributed by atoms with Crippen LogP contribution in [0.5, 0.6) is 0 Å². The third kappa shape index (κ3) is 16.2. The van der Waals surface area contributed by atoms with E-state index in [9.17, 15) is 0 Å². The molecule has 0 bridgehead atoms. The van der Waals surface area contributed by atoms with Crippen molar-refractivity contribution >= 4 is 0 Å². The lowest BCUT2D eigenvalue weighted by atomic mass is 10.2. The molecular weight excluding hydrogens is 240 g/mol. The van der Waals surface area contributed by atoms with Gasteiger partial charge in [0.2, 0.25) is 0 Å². The first kappa shape index (κ1) is 18.2. The molecule has 0 radical (unpaired) electrons. The van der Waals surface area contributed by atoms with Gasteiger partial charge in [0.05, 0.1) is 19.3 Å². The molecule has 0 aliphatic heterocycles. The Hall–Kier alpha value is -1.76. The van der Waals surface area contributed by atoms with Gasteiger partial charge >= 0.3 is 0 Å². The molecule has 20 heavy (non-hydrogen) atoms. The van der Waals surface area contributed by atoms with Crippen LogP contribution in [-0.4, -0.2) is 0 Å². The predicted octanol–water partition coefficient (Wildman–Crippen LogP) is 4.94. The van der Waals surface area contributed by atoms with Gasteiger partial charge in [0.25, 0.3) is 0 Å². The lowest BCUT2D eigenvalue weighted by molar-refractivity contribution is 0.737. The maximum absolute atomic E-state index is 3.15. The SMILES string of the molecule is CCCCC#CCC#CCC#CCC#CCCCCC. The highest BCUT2D eigenvalue weighted by Crippen LogP contribution is 1.96. The van der Waals surface area contributed by atoms with E-state index in [2.05, 4.69) is 61.2 Å². The van der Waals surface area contributed by atoms with Crippen molar-refractivity contribution < 1.29 is 0 Å². The van der Waals surface area contributed by atoms with E-state index >= 15 is 0 Å². The first-order chi connectivity index (χ1) is 9.91. The van der Waals surface area contributed by atoms with Crippen molar-refractivity contribution in [3.8, 4) is 47.4 Å². The molecule has 0 unspecified atom stereocenters. The summed E-state index contributed by atoms with van der Waals surface area (Å²) in [6.07, 6.45) is 10.1. The maximum atomic E-state index is 3.15. The van der Waals surface area contributed by atoms with Gasteiger partial charge in [-0.05, 0) is 12.8 Å². The molecule has 0 heterocycles. The topological polar surface area (TPSA) is 0 Å². The molecular formula is C20H26. The average molecular weight is 266 g/mol. The highest BCUT2D eigenvalue weighted by Gasteiger charge is 1.79. The van der Waals surface area contributed by atoms with E-state index in [-0.39, 0.29) is 0 Å². The summed E-state index contributed by atoms with van der Waals surface area (Å²) in [7, 11) is 0. The zero-order valence-electron chi connectivity index (χ0n) is 13.1. The predicted molar refractivity (Wildman–Crippen MR) is 88.6 cm³/mol. The summed E-state index contributed by atoms with van der Waals surface area (Å²) in [5.41, 5.74) is 0. The monoisotopic (exact) mass is 266 g/mol. The van der Waals surface area contributed by atoms with Crippen molar-refractivity contribution in [1.82, 2.24) is 0 Å². The third-order valence-corrected chi connectivity index (χ3v) is 2.59. The fourth-order valence-electron chi connectivity index (χ4n) is 1.41. The van der Waals surface area contributed by atoms with Gasteiger partial charge in [0, 0.05) is 12.8 Å². The molecule has 0 N–H and O–H groups in total. The molecule has 0 fully saturated rings. The van der Waals surface area contributed by atoms with E-state index in [4.69, 9.17) is 0 Å². The molecule has 0 heteroatoms. The van der Waals surface area contributed by atoms with Gasteiger partial charge in [-0.1, -0.05) is 68.6 Å². The van der Waals surface area contributed by atoms with Gasteiger partial charge < -0.3 is 0 Å². The second-order valence-electron chi connectivity index (χ2n) is 4.51. The Balaban J connectivity index is 3.55. The van der Waals surface area contributed by atoms with Crippen LogP contribution in [0.25, 0.3) is 0 Å². The number of unbranched alkanes of at least 4 members (excludes halogenated alkanes) is 5. The second kappa shape index (κ2) is 17.2. The first-order valence-electron chi connectivity index (χ1n) is 7.74. The Kier molecular flexibility index (Phi) is 15.7. The van der Waals surface area contributed by atoms with Crippen molar-refractivity contribution in [1.29, 1.82) is 0 Å². The molecule has 0 aromatic rings. The van der Waals surface area contributed by atoms with Crippen molar-refractivity contribution in [2.45, 2.75) is 78.1 Å². The van der Waals surface area contributed by atoms with Crippen LogP contribution in [0.4, 0.5) is 0 Å². The molecule has 106 valence electrons. The summed E-state index contributed by atoms with van der Waals surface area (Å²) >= 11 is 0. The summed E-state index contributed by atoms with van der Waals surface area (Å²) in [5.74, 6) is 24.5. The van der Waals surface area contributed by atoms with Crippen molar-refractivity contribution in [3.05, 3.63) is 0 Å². The van der Waals surface area contributed by atoms with E-state index in [0.29, 0.717) is 19.3 Å². The minimum atomic E-state index is 0.633. The Morgan fingerprint density at radius 2 is 0.850 bits per heavy atom. The summed E-state index contributed by atoms with van der Waals surface area (Å²) in [5, 5.41) is 0. The lowest BCUT2D eigenvalue weighted by Gasteiger charge is -1.87. The van der Waals surface area contributed by atoms with Crippen LogP contribution < -0.4 is 0 Å². The van der Waals surface area contributed by atoms with E-state index in [1.807, 2.05) is 0 Å². The fourth-order valence-corrected chi connectivity index (χ4v) is 1.41. The molecule has 0 spiro atoms. The summed E-state index contributed by atoms with van der Waals surface area (Å²) in [6.45, 7) is 4.38. The maximum Gasteiger partial charge on any atom is 0.0703 e.